The van der Waals surface area contributed by atoms with E-state index in [9.17, 15) is 19.3 Å². The van der Waals surface area contributed by atoms with Gasteiger partial charge >= 0.3 is 5.69 Å². The Morgan fingerprint density at radius 1 is 1.64 bits per heavy atom. The van der Waals surface area contributed by atoms with Crippen LogP contribution in [-0.2, 0) is 11.3 Å². The lowest BCUT2D eigenvalue weighted by Gasteiger charge is -1.99. The highest BCUT2D eigenvalue weighted by molar-refractivity contribution is 7.12. The number of amides is 1. The second-order valence-corrected chi connectivity index (χ2v) is 5.37. The van der Waals surface area contributed by atoms with Gasteiger partial charge in [-0.1, -0.05) is 0 Å². The number of hydrazone groups is 1. The van der Waals surface area contributed by atoms with Gasteiger partial charge in [0.2, 0.25) is 5.91 Å². The summed E-state index contributed by atoms with van der Waals surface area (Å²) in [6, 6.07) is 2.85. The number of carbonyl (C=O) groups is 1. The molecule has 0 unspecified atom stereocenters. The van der Waals surface area contributed by atoms with Crippen LogP contribution in [0.1, 0.15) is 17.0 Å². The molecule has 8 nitrogen and oxygen atoms in total. The Morgan fingerprint density at radius 2 is 2.41 bits per heavy atom. The Kier molecular flexibility index (Phi) is 4.94. The highest BCUT2D eigenvalue weighted by atomic mass is 32.1. The summed E-state index contributed by atoms with van der Waals surface area (Å²) in [7, 11) is 0. The van der Waals surface area contributed by atoms with E-state index in [1.807, 2.05) is 0 Å². The first-order valence-electron chi connectivity index (χ1n) is 6.21. The number of aryl methyl sites for hydroxylation is 2. The van der Waals surface area contributed by atoms with Gasteiger partial charge < -0.3 is 0 Å². The van der Waals surface area contributed by atoms with Crippen molar-refractivity contribution in [2.45, 2.75) is 19.9 Å². The minimum atomic E-state index is -0.524. The van der Waals surface area contributed by atoms with E-state index in [-0.39, 0.29) is 29.7 Å². The molecule has 0 saturated heterocycles. The van der Waals surface area contributed by atoms with Crippen LogP contribution in [0.25, 0.3) is 0 Å². The molecule has 2 heterocycles. The fraction of sp³-hybridized carbons (Fsp3) is 0.250. The summed E-state index contributed by atoms with van der Waals surface area (Å²) in [5.74, 6) is -0.371. The molecular formula is C12H12FN5O3S. The van der Waals surface area contributed by atoms with Crippen LogP contribution in [0.2, 0.25) is 0 Å². The number of aromatic nitrogens is 2. The molecule has 0 bridgehead atoms. The molecule has 2 rings (SSSR count). The van der Waals surface area contributed by atoms with E-state index in [0.29, 0.717) is 10.6 Å². The van der Waals surface area contributed by atoms with E-state index in [4.69, 9.17) is 0 Å². The predicted molar refractivity (Wildman–Crippen MR) is 78.2 cm³/mol. The van der Waals surface area contributed by atoms with E-state index < -0.39 is 4.92 Å². The van der Waals surface area contributed by atoms with Crippen molar-refractivity contribution in [3.8, 4) is 0 Å². The number of nitrogens with zero attached hydrogens (tertiary/aromatic N) is 4. The van der Waals surface area contributed by atoms with Crippen LogP contribution in [0, 0.1) is 22.2 Å². The average molecular weight is 325 g/mol. The van der Waals surface area contributed by atoms with Gasteiger partial charge in [0.25, 0.3) is 0 Å². The van der Waals surface area contributed by atoms with Crippen molar-refractivity contribution in [2.75, 3.05) is 0 Å². The second-order valence-electron chi connectivity index (χ2n) is 4.30. The van der Waals surface area contributed by atoms with E-state index in [2.05, 4.69) is 15.6 Å². The van der Waals surface area contributed by atoms with Gasteiger partial charge in [0.05, 0.1) is 22.6 Å². The van der Waals surface area contributed by atoms with Crippen LogP contribution < -0.4 is 5.43 Å². The van der Waals surface area contributed by atoms with Crippen molar-refractivity contribution in [3.63, 3.8) is 0 Å². The summed E-state index contributed by atoms with van der Waals surface area (Å²) in [5.41, 5.74) is 2.50. The SMILES string of the molecule is Cc1nn(CCC(=O)N/N=C\c2ccc(F)s2)cc1[N+](=O)[O-]. The molecule has 0 aliphatic heterocycles. The highest BCUT2D eigenvalue weighted by Gasteiger charge is 2.15. The minimum Gasteiger partial charge on any atom is -0.273 e. The van der Waals surface area contributed by atoms with Crippen molar-refractivity contribution in [2.24, 2.45) is 5.10 Å². The Hall–Kier alpha value is -2.62. The standard InChI is InChI=1S/C12H12FN5O3S/c1-8-10(18(20)21)7-17(16-8)5-4-12(19)15-14-6-9-2-3-11(13)22-9/h2-3,6-7H,4-5H2,1H3,(H,15,19)/b14-6-. The van der Waals surface area contributed by atoms with Crippen molar-refractivity contribution >= 4 is 29.1 Å². The zero-order chi connectivity index (χ0) is 16.1. The smallest absolute Gasteiger partial charge is 0.273 e. The molecule has 116 valence electrons. The molecule has 2 aromatic rings. The second kappa shape index (κ2) is 6.89. The topological polar surface area (TPSA) is 102 Å². The van der Waals surface area contributed by atoms with Crippen molar-refractivity contribution in [1.29, 1.82) is 0 Å². The number of thiophene rings is 1. The number of nitrogens with one attached hydrogen (secondary N) is 1. The first kappa shape index (κ1) is 15.8. The van der Waals surface area contributed by atoms with Gasteiger partial charge in [0, 0.05) is 6.42 Å². The zero-order valence-electron chi connectivity index (χ0n) is 11.5. The molecule has 0 aliphatic carbocycles. The molecule has 0 atom stereocenters. The minimum absolute atomic E-state index is 0.0639. The summed E-state index contributed by atoms with van der Waals surface area (Å²) in [6.07, 6.45) is 2.68. The molecule has 2 aromatic heterocycles. The van der Waals surface area contributed by atoms with Crippen LogP contribution in [-0.4, -0.2) is 26.8 Å². The maximum Gasteiger partial charge on any atom is 0.309 e. The number of hydrogen-bond donors (Lipinski definition) is 1. The van der Waals surface area contributed by atoms with Crippen LogP contribution >= 0.6 is 11.3 Å². The third-order valence-electron chi connectivity index (χ3n) is 2.66. The molecule has 0 aromatic carbocycles. The van der Waals surface area contributed by atoms with E-state index in [1.165, 1.54) is 30.1 Å². The lowest BCUT2D eigenvalue weighted by Crippen LogP contribution is -2.19. The van der Waals surface area contributed by atoms with E-state index in [1.54, 1.807) is 6.07 Å². The number of nitro groups is 1. The summed E-state index contributed by atoms with van der Waals surface area (Å²) < 4.78 is 14.1. The van der Waals surface area contributed by atoms with Crippen molar-refractivity contribution in [1.82, 2.24) is 15.2 Å². The maximum atomic E-state index is 12.7. The lowest BCUT2D eigenvalue weighted by atomic mass is 10.4. The van der Waals surface area contributed by atoms with E-state index in [0.717, 1.165) is 11.3 Å². The summed E-state index contributed by atoms with van der Waals surface area (Å²) in [6.45, 7) is 1.73. The molecule has 0 saturated carbocycles. The third kappa shape index (κ3) is 4.19. The van der Waals surface area contributed by atoms with Crippen LogP contribution in [0.5, 0.6) is 0 Å². The Bertz CT molecular complexity index is 724. The fourth-order valence-electron chi connectivity index (χ4n) is 1.64. The number of rotatable bonds is 6. The number of halogens is 1. The molecule has 0 fully saturated rings. The first-order chi connectivity index (χ1) is 10.5. The van der Waals surface area contributed by atoms with Gasteiger partial charge in [-0.05, 0) is 19.1 Å². The van der Waals surface area contributed by atoms with Gasteiger partial charge in [0.15, 0.2) is 5.13 Å². The number of carbonyl (C=O) groups excluding carboxylic acids is 1. The average Bonchev–Trinajstić information content (AvgIpc) is 3.02. The normalized spacial score (nSPS) is 11.0. The molecule has 22 heavy (non-hydrogen) atoms. The predicted octanol–water partition coefficient (Wildman–Crippen LogP) is 1.84. The van der Waals surface area contributed by atoms with Gasteiger partial charge in [-0.15, -0.1) is 11.3 Å². The van der Waals surface area contributed by atoms with Crippen molar-refractivity contribution in [3.05, 3.63) is 44.1 Å². The van der Waals surface area contributed by atoms with Crippen LogP contribution in [0.4, 0.5) is 10.1 Å². The Morgan fingerprint density at radius 3 is 3.00 bits per heavy atom. The van der Waals surface area contributed by atoms with Gasteiger partial charge in [0.1, 0.15) is 11.9 Å². The van der Waals surface area contributed by atoms with Gasteiger partial charge in [-0.3, -0.25) is 19.6 Å². The highest BCUT2D eigenvalue weighted by Crippen LogP contribution is 2.15. The molecular weight excluding hydrogens is 313 g/mol. The fourth-order valence-corrected chi connectivity index (χ4v) is 2.24. The molecule has 0 spiro atoms. The monoisotopic (exact) mass is 325 g/mol. The van der Waals surface area contributed by atoms with Crippen LogP contribution in [0.3, 0.4) is 0 Å². The van der Waals surface area contributed by atoms with Crippen molar-refractivity contribution < 1.29 is 14.1 Å². The Balaban J connectivity index is 1.81. The van der Waals surface area contributed by atoms with Gasteiger partial charge in [-0.25, -0.2) is 5.43 Å². The summed E-state index contributed by atoms with van der Waals surface area (Å²) in [5, 5.41) is 18.0. The number of hydrogen-bond acceptors (Lipinski definition) is 6. The molecule has 0 radical (unpaired) electrons. The maximum absolute atomic E-state index is 12.7. The molecule has 1 N–H and O–H groups in total. The lowest BCUT2D eigenvalue weighted by molar-refractivity contribution is -0.385. The Labute approximate surface area is 128 Å². The quantitative estimate of drug-likeness (QED) is 0.497. The summed E-state index contributed by atoms with van der Waals surface area (Å²) in [4.78, 5) is 22.3. The summed E-state index contributed by atoms with van der Waals surface area (Å²) >= 11 is 0.911. The first-order valence-corrected chi connectivity index (χ1v) is 7.03. The molecule has 10 heteroatoms. The van der Waals surface area contributed by atoms with E-state index >= 15 is 0 Å². The van der Waals surface area contributed by atoms with Crippen LogP contribution in [0.15, 0.2) is 23.4 Å². The zero-order valence-corrected chi connectivity index (χ0v) is 12.3. The van der Waals surface area contributed by atoms with Gasteiger partial charge in [-0.2, -0.15) is 14.6 Å². The molecule has 1 amide bonds. The largest absolute Gasteiger partial charge is 0.309 e. The molecule has 0 aliphatic rings. The third-order valence-corrected chi connectivity index (χ3v) is 3.47.